The number of hydrogen-bond acceptors (Lipinski definition) is 3. The van der Waals surface area contributed by atoms with Crippen LogP contribution in [0.1, 0.15) is 22.4 Å². The molecule has 27 heavy (non-hydrogen) atoms. The van der Waals surface area contributed by atoms with Gasteiger partial charge in [0.2, 0.25) is 5.91 Å². The third-order valence-electron chi connectivity index (χ3n) is 4.45. The van der Waals surface area contributed by atoms with Crippen molar-refractivity contribution >= 4 is 22.5 Å². The van der Waals surface area contributed by atoms with E-state index in [-0.39, 0.29) is 18.1 Å². The van der Waals surface area contributed by atoms with E-state index in [0.717, 1.165) is 16.7 Å². The van der Waals surface area contributed by atoms with Gasteiger partial charge in [0.05, 0.1) is 29.3 Å². The first-order chi connectivity index (χ1) is 13.0. The number of benzene rings is 2. The van der Waals surface area contributed by atoms with E-state index in [1.807, 2.05) is 31.2 Å². The van der Waals surface area contributed by atoms with E-state index >= 15 is 0 Å². The van der Waals surface area contributed by atoms with Crippen molar-refractivity contribution in [2.45, 2.75) is 24.9 Å². The molecule has 2 aromatic carbocycles. The number of halogens is 1. The number of nitrogens with one attached hydrogen (secondary N) is 1. The Morgan fingerprint density at radius 1 is 1.22 bits per heavy atom. The third kappa shape index (κ3) is 3.68. The molecule has 0 bridgehead atoms. The number of hydrogen-bond donors (Lipinski definition) is 1. The summed E-state index contributed by atoms with van der Waals surface area (Å²) >= 11 is 0. The van der Waals surface area contributed by atoms with Crippen LogP contribution in [0.3, 0.4) is 0 Å². The second-order valence-corrected chi connectivity index (χ2v) is 8.06. The van der Waals surface area contributed by atoms with Gasteiger partial charge >= 0.3 is 0 Å². The van der Waals surface area contributed by atoms with Crippen molar-refractivity contribution in [3.05, 3.63) is 76.7 Å². The molecule has 138 valence electrons. The Hall–Kier alpha value is -2.80. The molecular weight excluding hydrogens is 365 g/mol. The van der Waals surface area contributed by atoms with Crippen LogP contribution in [0, 0.1) is 12.7 Å². The summed E-state index contributed by atoms with van der Waals surface area (Å²) < 4.78 is 26.8. The summed E-state index contributed by atoms with van der Waals surface area (Å²) in [5, 5.41) is 7.43. The summed E-state index contributed by atoms with van der Waals surface area (Å²) in [7, 11) is -1.01. The highest BCUT2D eigenvalue weighted by Gasteiger charge is 2.28. The Kier molecular flexibility index (Phi) is 4.61. The van der Waals surface area contributed by atoms with Crippen molar-refractivity contribution in [1.82, 2.24) is 9.78 Å². The molecule has 0 radical (unpaired) electrons. The minimum atomic E-state index is -1.01. The zero-order valence-electron chi connectivity index (χ0n) is 14.7. The molecule has 1 aliphatic rings. The predicted octanol–water partition coefficient (Wildman–Crippen LogP) is 3.26. The Balaban J connectivity index is 1.65. The van der Waals surface area contributed by atoms with Gasteiger partial charge in [0.15, 0.2) is 0 Å². The monoisotopic (exact) mass is 383 g/mol. The van der Waals surface area contributed by atoms with Crippen LogP contribution in [0.4, 0.5) is 10.2 Å². The Labute approximate surface area is 158 Å². The van der Waals surface area contributed by atoms with Gasteiger partial charge in [-0.3, -0.25) is 9.00 Å². The fraction of sp³-hybridized carbons (Fsp3) is 0.200. The number of nitrogens with zero attached hydrogens (tertiary/aromatic N) is 2. The van der Waals surface area contributed by atoms with Crippen molar-refractivity contribution in [1.29, 1.82) is 0 Å². The molecule has 1 aromatic heterocycles. The van der Waals surface area contributed by atoms with Crippen molar-refractivity contribution < 1.29 is 13.4 Å². The van der Waals surface area contributed by atoms with Gasteiger partial charge in [-0.15, -0.1) is 0 Å². The SMILES string of the molecule is Cc1cccc(CC(=O)Nc2c3c(nn2-c2ccc(F)cc2)C[S@@](=O)C3)c1. The van der Waals surface area contributed by atoms with Gasteiger partial charge in [-0.05, 0) is 36.8 Å². The smallest absolute Gasteiger partial charge is 0.229 e. The molecule has 4 rings (SSSR count). The fourth-order valence-corrected chi connectivity index (χ4v) is 4.47. The summed E-state index contributed by atoms with van der Waals surface area (Å²) in [5.41, 5.74) is 4.15. The molecule has 0 unspecified atom stereocenters. The lowest BCUT2D eigenvalue weighted by Gasteiger charge is -2.11. The van der Waals surface area contributed by atoms with Crippen LogP contribution < -0.4 is 5.32 Å². The zero-order valence-corrected chi connectivity index (χ0v) is 15.6. The molecule has 1 atom stereocenters. The quantitative estimate of drug-likeness (QED) is 0.752. The van der Waals surface area contributed by atoms with E-state index in [1.54, 1.807) is 16.8 Å². The highest BCUT2D eigenvalue weighted by molar-refractivity contribution is 7.83. The molecule has 1 amide bonds. The number of carbonyl (C=O) groups is 1. The van der Waals surface area contributed by atoms with E-state index < -0.39 is 10.8 Å². The summed E-state index contributed by atoms with van der Waals surface area (Å²) in [5.74, 6) is 0.718. The first-order valence-electron chi connectivity index (χ1n) is 8.56. The van der Waals surface area contributed by atoms with Crippen LogP contribution in [0.2, 0.25) is 0 Å². The molecule has 2 heterocycles. The maximum Gasteiger partial charge on any atom is 0.229 e. The van der Waals surface area contributed by atoms with E-state index in [0.29, 0.717) is 28.7 Å². The number of aromatic nitrogens is 2. The Morgan fingerprint density at radius 2 is 2.00 bits per heavy atom. The fourth-order valence-electron chi connectivity index (χ4n) is 3.21. The molecule has 1 aliphatic heterocycles. The van der Waals surface area contributed by atoms with Crippen molar-refractivity contribution in [3.8, 4) is 5.69 Å². The van der Waals surface area contributed by atoms with Gasteiger partial charge in [0.25, 0.3) is 0 Å². The number of rotatable bonds is 4. The Morgan fingerprint density at radius 3 is 2.74 bits per heavy atom. The topological polar surface area (TPSA) is 64.0 Å². The van der Waals surface area contributed by atoms with Crippen LogP contribution in [0.5, 0.6) is 0 Å². The maximum atomic E-state index is 13.3. The average molecular weight is 383 g/mol. The second-order valence-electron chi connectivity index (χ2n) is 6.60. The highest BCUT2D eigenvalue weighted by atomic mass is 32.2. The maximum absolute atomic E-state index is 13.3. The van der Waals surface area contributed by atoms with Crippen LogP contribution >= 0.6 is 0 Å². The summed E-state index contributed by atoms with van der Waals surface area (Å²) in [6.07, 6.45) is 0.230. The largest absolute Gasteiger partial charge is 0.310 e. The summed E-state index contributed by atoms with van der Waals surface area (Å²) in [6.45, 7) is 1.98. The average Bonchev–Trinajstić information content (AvgIpc) is 3.13. The molecular formula is C20H18FN3O2S. The molecule has 0 aliphatic carbocycles. The normalized spacial score (nSPS) is 15.6. The molecule has 5 nitrogen and oxygen atoms in total. The van der Waals surface area contributed by atoms with Crippen LogP contribution in [-0.2, 0) is 33.5 Å². The lowest BCUT2D eigenvalue weighted by Crippen LogP contribution is -2.18. The molecule has 7 heteroatoms. The molecule has 0 fully saturated rings. The zero-order chi connectivity index (χ0) is 19.0. The Bertz CT molecular complexity index is 1040. The number of carbonyl (C=O) groups excluding carboxylic acids is 1. The second kappa shape index (κ2) is 7.08. The number of amides is 1. The molecule has 1 N–H and O–H groups in total. The van der Waals surface area contributed by atoms with Gasteiger partial charge in [0.1, 0.15) is 11.6 Å². The van der Waals surface area contributed by atoms with Gasteiger partial charge in [-0.1, -0.05) is 29.8 Å². The van der Waals surface area contributed by atoms with Crippen molar-refractivity contribution in [2.24, 2.45) is 0 Å². The first-order valence-corrected chi connectivity index (χ1v) is 10.1. The van der Waals surface area contributed by atoms with Gasteiger partial charge < -0.3 is 5.32 Å². The number of aryl methyl sites for hydroxylation is 1. The molecule has 0 saturated carbocycles. The van der Waals surface area contributed by atoms with Crippen molar-refractivity contribution in [3.63, 3.8) is 0 Å². The van der Waals surface area contributed by atoms with Gasteiger partial charge in [0, 0.05) is 16.4 Å². The highest BCUT2D eigenvalue weighted by Crippen LogP contribution is 2.31. The minimum Gasteiger partial charge on any atom is -0.310 e. The third-order valence-corrected chi connectivity index (χ3v) is 5.65. The minimum absolute atomic E-state index is 0.177. The van der Waals surface area contributed by atoms with E-state index in [1.165, 1.54) is 12.1 Å². The first kappa shape index (κ1) is 17.6. The summed E-state index contributed by atoms with van der Waals surface area (Å²) in [4.78, 5) is 12.6. The van der Waals surface area contributed by atoms with E-state index in [4.69, 9.17) is 0 Å². The lowest BCUT2D eigenvalue weighted by atomic mass is 10.1. The van der Waals surface area contributed by atoms with Crippen LogP contribution in [-0.4, -0.2) is 19.9 Å². The van der Waals surface area contributed by atoms with E-state index in [9.17, 15) is 13.4 Å². The lowest BCUT2D eigenvalue weighted by molar-refractivity contribution is -0.115. The number of anilines is 1. The predicted molar refractivity (Wildman–Crippen MR) is 103 cm³/mol. The van der Waals surface area contributed by atoms with Crippen LogP contribution in [0.15, 0.2) is 48.5 Å². The van der Waals surface area contributed by atoms with Gasteiger partial charge in [-0.25, -0.2) is 9.07 Å². The summed E-state index contributed by atoms with van der Waals surface area (Å²) in [6, 6.07) is 13.7. The van der Waals surface area contributed by atoms with Gasteiger partial charge in [-0.2, -0.15) is 5.10 Å². The number of fused-ring (bicyclic) bond motifs is 1. The standard InChI is InChI=1S/C20H18FN3O2S/c1-13-3-2-4-14(9-13)10-19(25)22-20-17-11-27(26)12-18(17)23-24(20)16-7-5-15(21)6-8-16/h2-9H,10-12H2,1H3,(H,22,25)/t27-/m0/s1. The van der Waals surface area contributed by atoms with E-state index in [2.05, 4.69) is 10.4 Å². The molecule has 0 saturated heterocycles. The van der Waals surface area contributed by atoms with Crippen LogP contribution in [0.25, 0.3) is 5.69 Å². The molecule has 0 spiro atoms. The van der Waals surface area contributed by atoms with Crippen molar-refractivity contribution in [2.75, 3.05) is 5.32 Å². The molecule has 3 aromatic rings.